The Morgan fingerprint density at radius 2 is 2.16 bits per heavy atom. The summed E-state index contributed by atoms with van der Waals surface area (Å²) in [6.07, 6.45) is 3.03. The number of carbonyl (C=O) groups is 1. The molecule has 3 rings (SSSR count). The van der Waals surface area contributed by atoms with Crippen LogP contribution in [-0.2, 0) is 13.6 Å². The van der Waals surface area contributed by atoms with Gasteiger partial charge in [0.2, 0.25) is 5.82 Å². The van der Waals surface area contributed by atoms with Gasteiger partial charge in [0.15, 0.2) is 0 Å². The lowest BCUT2D eigenvalue weighted by molar-refractivity contribution is 0.0698. The Morgan fingerprint density at radius 1 is 1.40 bits per heavy atom. The van der Waals surface area contributed by atoms with Crippen LogP contribution in [0.15, 0.2) is 6.33 Å². The van der Waals surface area contributed by atoms with Gasteiger partial charge in [0.1, 0.15) is 18.0 Å². The fourth-order valence-electron chi connectivity index (χ4n) is 3.16. The molecule has 0 saturated carbocycles. The summed E-state index contributed by atoms with van der Waals surface area (Å²) < 4.78 is 2.03. The minimum Gasteiger partial charge on any atom is -0.395 e. The van der Waals surface area contributed by atoms with Gasteiger partial charge < -0.3 is 14.6 Å². The third-order valence-corrected chi connectivity index (χ3v) is 4.66. The number of rotatable bonds is 6. The van der Waals surface area contributed by atoms with Crippen molar-refractivity contribution in [2.45, 2.75) is 25.3 Å². The van der Waals surface area contributed by atoms with E-state index in [4.69, 9.17) is 5.11 Å². The lowest BCUT2D eigenvalue weighted by Crippen LogP contribution is -2.38. The molecule has 2 aromatic heterocycles. The summed E-state index contributed by atoms with van der Waals surface area (Å²) in [5.41, 5.74) is 0. The van der Waals surface area contributed by atoms with Crippen LogP contribution in [0.3, 0.4) is 0 Å². The van der Waals surface area contributed by atoms with E-state index in [-0.39, 0.29) is 24.3 Å². The second-order valence-corrected chi connectivity index (χ2v) is 6.40. The van der Waals surface area contributed by atoms with E-state index in [2.05, 4.69) is 25.4 Å². The van der Waals surface area contributed by atoms with Crippen LogP contribution in [0.5, 0.6) is 0 Å². The van der Waals surface area contributed by atoms with E-state index in [9.17, 15) is 4.79 Å². The fourth-order valence-corrected chi connectivity index (χ4v) is 3.16. The maximum Gasteiger partial charge on any atom is 0.291 e. The van der Waals surface area contributed by atoms with Gasteiger partial charge in [0, 0.05) is 32.6 Å². The van der Waals surface area contributed by atoms with Crippen molar-refractivity contribution in [1.82, 2.24) is 39.7 Å². The number of hydrogen-bond acceptors (Lipinski definition) is 7. The molecule has 0 bridgehead atoms. The predicted octanol–water partition coefficient (Wildman–Crippen LogP) is -0.623. The van der Waals surface area contributed by atoms with Crippen molar-refractivity contribution in [2.75, 3.05) is 33.3 Å². The molecule has 0 spiro atoms. The van der Waals surface area contributed by atoms with Crippen LogP contribution in [0.2, 0.25) is 0 Å². The number of likely N-dealkylation sites (N-methyl/N-ethyl adjacent to an activating group) is 1. The number of H-pyrrole nitrogens is 1. The number of aromatic amines is 1. The number of amides is 1. The zero-order valence-corrected chi connectivity index (χ0v) is 14.6. The minimum absolute atomic E-state index is 0.111. The van der Waals surface area contributed by atoms with Crippen molar-refractivity contribution in [3.8, 4) is 0 Å². The number of hydrogen-bond donors (Lipinski definition) is 2. The molecule has 1 aliphatic heterocycles. The standard InChI is InChI=1S/C15H24N8O2/c1-21(7-8-24)9-12-18-20-14(22(12)2)11-3-5-23(6-4-11)15(25)13-16-10-17-19-13/h10-11,24H,3-9H2,1-2H3,(H,16,17,19). The van der Waals surface area contributed by atoms with Crippen LogP contribution < -0.4 is 0 Å². The summed E-state index contributed by atoms with van der Waals surface area (Å²) in [6, 6.07) is 0. The number of nitrogens with one attached hydrogen (secondary N) is 1. The third-order valence-electron chi connectivity index (χ3n) is 4.66. The fraction of sp³-hybridized carbons (Fsp3) is 0.667. The molecule has 3 heterocycles. The summed E-state index contributed by atoms with van der Waals surface area (Å²) in [7, 11) is 3.92. The lowest BCUT2D eigenvalue weighted by atomic mass is 9.96. The van der Waals surface area contributed by atoms with E-state index in [1.165, 1.54) is 6.33 Å². The molecule has 2 N–H and O–H groups in total. The Balaban J connectivity index is 1.60. The number of piperidine rings is 1. The molecular weight excluding hydrogens is 324 g/mol. The molecule has 10 heteroatoms. The lowest BCUT2D eigenvalue weighted by Gasteiger charge is -2.30. The second-order valence-electron chi connectivity index (χ2n) is 6.40. The van der Waals surface area contributed by atoms with Crippen LogP contribution in [0.4, 0.5) is 0 Å². The van der Waals surface area contributed by atoms with Crippen molar-refractivity contribution in [1.29, 1.82) is 0 Å². The summed E-state index contributed by atoms with van der Waals surface area (Å²) >= 11 is 0. The largest absolute Gasteiger partial charge is 0.395 e. The first-order valence-corrected chi connectivity index (χ1v) is 8.42. The molecule has 0 aromatic carbocycles. The first kappa shape index (κ1) is 17.5. The zero-order chi connectivity index (χ0) is 17.8. The first-order valence-electron chi connectivity index (χ1n) is 8.42. The van der Waals surface area contributed by atoms with Gasteiger partial charge in [-0.15, -0.1) is 10.2 Å². The third kappa shape index (κ3) is 3.85. The highest BCUT2D eigenvalue weighted by Crippen LogP contribution is 2.27. The van der Waals surface area contributed by atoms with E-state index in [1.54, 1.807) is 4.90 Å². The average molecular weight is 348 g/mol. The Hall–Kier alpha value is -2.33. The Labute approximate surface area is 145 Å². The van der Waals surface area contributed by atoms with E-state index in [0.717, 1.165) is 24.5 Å². The molecule has 1 aliphatic rings. The van der Waals surface area contributed by atoms with Crippen molar-refractivity contribution >= 4 is 5.91 Å². The molecule has 2 aromatic rings. The second kappa shape index (κ2) is 7.70. The van der Waals surface area contributed by atoms with Gasteiger partial charge in [-0.25, -0.2) is 4.98 Å². The molecule has 1 fully saturated rings. The zero-order valence-electron chi connectivity index (χ0n) is 14.6. The summed E-state index contributed by atoms with van der Waals surface area (Å²) in [5.74, 6) is 2.30. The monoisotopic (exact) mass is 348 g/mol. The van der Waals surface area contributed by atoms with Crippen molar-refractivity contribution in [3.63, 3.8) is 0 Å². The van der Waals surface area contributed by atoms with Gasteiger partial charge in [-0.1, -0.05) is 0 Å². The molecule has 10 nitrogen and oxygen atoms in total. The number of likely N-dealkylation sites (tertiary alicyclic amines) is 1. The normalized spacial score (nSPS) is 15.9. The number of carbonyl (C=O) groups excluding carboxylic acids is 1. The smallest absolute Gasteiger partial charge is 0.291 e. The minimum atomic E-state index is -0.111. The highest BCUT2D eigenvalue weighted by molar-refractivity contribution is 5.90. The molecule has 136 valence electrons. The molecule has 1 amide bonds. The van der Waals surface area contributed by atoms with Gasteiger partial charge >= 0.3 is 0 Å². The van der Waals surface area contributed by atoms with E-state index < -0.39 is 0 Å². The van der Waals surface area contributed by atoms with Crippen molar-refractivity contribution in [3.05, 3.63) is 23.8 Å². The first-order chi connectivity index (χ1) is 12.1. The summed E-state index contributed by atoms with van der Waals surface area (Å²) in [6.45, 7) is 2.70. The van der Waals surface area contributed by atoms with E-state index in [0.29, 0.717) is 26.2 Å². The number of aromatic nitrogens is 6. The van der Waals surface area contributed by atoms with Crippen molar-refractivity contribution in [2.24, 2.45) is 7.05 Å². The molecule has 1 saturated heterocycles. The maximum atomic E-state index is 12.3. The Bertz CT molecular complexity index is 690. The van der Waals surface area contributed by atoms with Gasteiger partial charge in [-0.3, -0.25) is 14.8 Å². The quantitative estimate of drug-likeness (QED) is 0.714. The highest BCUT2D eigenvalue weighted by Gasteiger charge is 2.28. The van der Waals surface area contributed by atoms with Crippen LogP contribution >= 0.6 is 0 Å². The maximum absolute atomic E-state index is 12.3. The summed E-state index contributed by atoms with van der Waals surface area (Å²) in [5, 5.41) is 24.0. The van der Waals surface area contributed by atoms with Crippen LogP contribution in [-0.4, -0.2) is 84.0 Å². The molecule has 0 unspecified atom stereocenters. The van der Waals surface area contributed by atoms with Crippen LogP contribution in [0, 0.1) is 0 Å². The number of aliphatic hydroxyl groups is 1. The van der Waals surface area contributed by atoms with Gasteiger partial charge in [-0.2, -0.15) is 5.10 Å². The molecular formula is C15H24N8O2. The SMILES string of the molecule is CN(CCO)Cc1nnc(C2CCN(C(=O)c3ncn[nH]3)CC2)n1C. The molecule has 0 aliphatic carbocycles. The number of aliphatic hydroxyl groups excluding tert-OH is 1. The van der Waals surface area contributed by atoms with Crippen LogP contribution in [0.25, 0.3) is 0 Å². The summed E-state index contributed by atoms with van der Waals surface area (Å²) in [4.78, 5) is 20.0. The molecule has 25 heavy (non-hydrogen) atoms. The number of nitrogens with zero attached hydrogens (tertiary/aromatic N) is 7. The van der Waals surface area contributed by atoms with Crippen LogP contribution in [0.1, 0.15) is 41.0 Å². The topological polar surface area (TPSA) is 116 Å². The van der Waals surface area contributed by atoms with Gasteiger partial charge in [0.05, 0.1) is 13.2 Å². The van der Waals surface area contributed by atoms with Gasteiger partial charge in [-0.05, 0) is 19.9 Å². The van der Waals surface area contributed by atoms with E-state index in [1.807, 2.05) is 23.6 Å². The average Bonchev–Trinajstić information content (AvgIpc) is 3.26. The molecule has 0 radical (unpaired) electrons. The highest BCUT2D eigenvalue weighted by atomic mass is 16.3. The molecule has 0 atom stereocenters. The van der Waals surface area contributed by atoms with Gasteiger partial charge in [0.25, 0.3) is 5.91 Å². The Kier molecular flexibility index (Phi) is 5.39. The Morgan fingerprint density at radius 3 is 2.80 bits per heavy atom. The van der Waals surface area contributed by atoms with Crippen molar-refractivity contribution < 1.29 is 9.90 Å². The predicted molar refractivity (Wildman–Crippen MR) is 88.7 cm³/mol. The van der Waals surface area contributed by atoms with E-state index >= 15 is 0 Å².